The number of amides is 2. The van der Waals surface area contributed by atoms with Crippen LogP contribution in [-0.2, 0) is 16.1 Å². The van der Waals surface area contributed by atoms with Gasteiger partial charge in [0.05, 0.1) is 6.54 Å². The second-order valence-electron chi connectivity index (χ2n) is 7.26. The number of likely N-dealkylation sites (tertiary alicyclic amines) is 2. The molecule has 0 bridgehead atoms. The van der Waals surface area contributed by atoms with E-state index in [1.807, 2.05) is 16.9 Å². The van der Waals surface area contributed by atoms with Crippen molar-refractivity contribution in [1.82, 2.24) is 19.6 Å². The molecule has 0 spiro atoms. The third-order valence-electron chi connectivity index (χ3n) is 5.48. The summed E-state index contributed by atoms with van der Waals surface area (Å²) in [7, 11) is 0. The molecule has 7 nitrogen and oxygen atoms in total. The molecule has 0 aromatic carbocycles. The molecule has 1 aromatic rings. The van der Waals surface area contributed by atoms with E-state index in [-0.39, 0.29) is 11.8 Å². The summed E-state index contributed by atoms with van der Waals surface area (Å²) < 4.78 is 1.94. The van der Waals surface area contributed by atoms with Crippen LogP contribution in [0.2, 0.25) is 0 Å². The molecule has 2 saturated heterocycles. The molecule has 2 aliphatic heterocycles. The lowest BCUT2D eigenvalue weighted by atomic mass is 9.91. The normalized spacial score (nSPS) is 22.9. The minimum Gasteiger partial charge on any atom is -0.369 e. The van der Waals surface area contributed by atoms with Gasteiger partial charge in [0.15, 0.2) is 0 Å². The maximum Gasteiger partial charge on any atom is 0.231 e. The van der Waals surface area contributed by atoms with Crippen LogP contribution in [0.1, 0.15) is 38.5 Å². The van der Waals surface area contributed by atoms with Gasteiger partial charge in [0.1, 0.15) is 0 Å². The molecule has 0 aliphatic carbocycles. The van der Waals surface area contributed by atoms with Gasteiger partial charge < -0.3 is 10.6 Å². The third kappa shape index (κ3) is 4.81. The quantitative estimate of drug-likeness (QED) is 0.827. The van der Waals surface area contributed by atoms with E-state index in [0.29, 0.717) is 18.5 Å². The SMILES string of the molecule is NC(=O)CN1CCC(C(=O)N2CCCC[C@H]2CCn2cccn2)CC1. The lowest BCUT2D eigenvalue weighted by Gasteiger charge is -2.40. The number of piperidine rings is 2. The van der Waals surface area contributed by atoms with Gasteiger partial charge in [-0.2, -0.15) is 5.10 Å². The maximum absolute atomic E-state index is 13.0. The van der Waals surface area contributed by atoms with Crippen LogP contribution in [0.4, 0.5) is 0 Å². The average molecular weight is 347 g/mol. The first-order chi connectivity index (χ1) is 12.1. The van der Waals surface area contributed by atoms with E-state index in [2.05, 4.69) is 14.9 Å². The Balaban J connectivity index is 1.53. The Morgan fingerprint density at radius 3 is 2.60 bits per heavy atom. The minimum absolute atomic E-state index is 0.0921. The van der Waals surface area contributed by atoms with Gasteiger partial charge in [-0.1, -0.05) is 0 Å². The van der Waals surface area contributed by atoms with Crippen LogP contribution >= 0.6 is 0 Å². The Hall–Kier alpha value is -1.89. The van der Waals surface area contributed by atoms with Crippen molar-refractivity contribution in [3.05, 3.63) is 18.5 Å². The molecule has 3 heterocycles. The van der Waals surface area contributed by atoms with Crippen molar-refractivity contribution in [3.63, 3.8) is 0 Å². The maximum atomic E-state index is 13.0. The molecular formula is C18H29N5O2. The molecule has 1 aromatic heterocycles. The fraction of sp³-hybridized carbons (Fsp3) is 0.722. The van der Waals surface area contributed by atoms with Crippen LogP contribution in [0.25, 0.3) is 0 Å². The summed E-state index contributed by atoms with van der Waals surface area (Å²) in [5, 5.41) is 4.26. The highest BCUT2D eigenvalue weighted by atomic mass is 16.2. The summed E-state index contributed by atoms with van der Waals surface area (Å²) in [4.78, 5) is 28.3. The summed E-state index contributed by atoms with van der Waals surface area (Å²) in [5.74, 6) is 0.109. The lowest BCUT2D eigenvalue weighted by Crippen LogP contribution is -2.49. The molecule has 7 heteroatoms. The van der Waals surface area contributed by atoms with Gasteiger partial charge in [-0.05, 0) is 57.7 Å². The van der Waals surface area contributed by atoms with Crippen molar-refractivity contribution in [1.29, 1.82) is 0 Å². The van der Waals surface area contributed by atoms with Crippen molar-refractivity contribution in [3.8, 4) is 0 Å². The topological polar surface area (TPSA) is 84.5 Å². The molecule has 0 radical (unpaired) electrons. The summed E-state index contributed by atoms with van der Waals surface area (Å²) in [5.41, 5.74) is 5.26. The van der Waals surface area contributed by atoms with Crippen molar-refractivity contribution in [2.75, 3.05) is 26.2 Å². The predicted molar refractivity (Wildman–Crippen MR) is 94.6 cm³/mol. The lowest BCUT2D eigenvalue weighted by molar-refractivity contribution is -0.141. The first-order valence-corrected chi connectivity index (χ1v) is 9.42. The van der Waals surface area contributed by atoms with Gasteiger partial charge in [-0.25, -0.2) is 0 Å². The number of hydrogen-bond donors (Lipinski definition) is 1. The summed E-state index contributed by atoms with van der Waals surface area (Å²) >= 11 is 0. The monoisotopic (exact) mass is 347 g/mol. The number of carbonyl (C=O) groups excluding carboxylic acids is 2. The van der Waals surface area contributed by atoms with E-state index in [9.17, 15) is 9.59 Å². The van der Waals surface area contributed by atoms with Crippen LogP contribution in [0.5, 0.6) is 0 Å². The van der Waals surface area contributed by atoms with Gasteiger partial charge in [0.25, 0.3) is 0 Å². The van der Waals surface area contributed by atoms with E-state index < -0.39 is 0 Å². The Morgan fingerprint density at radius 2 is 1.92 bits per heavy atom. The number of hydrogen-bond acceptors (Lipinski definition) is 4. The van der Waals surface area contributed by atoms with Gasteiger partial charge >= 0.3 is 0 Å². The largest absolute Gasteiger partial charge is 0.369 e. The van der Waals surface area contributed by atoms with Crippen molar-refractivity contribution in [2.45, 2.75) is 51.1 Å². The molecule has 2 amide bonds. The molecular weight excluding hydrogens is 318 g/mol. The molecule has 0 saturated carbocycles. The van der Waals surface area contributed by atoms with Gasteiger partial charge in [0, 0.05) is 37.4 Å². The molecule has 2 N–H and O–H groups in total. The molecule has 138 valence electrons. The van der Waals surface area contributed by atoms with Crippen molar-refractivity contribution < 1.29 is 9.59 Å². The highest BCUT2D eigenvalue weighted by molar-refractivity contribution is 5.79. The van der Waals surface area contributed by atoms with Crippen molar-refractivity contribution in [2.24, 2.45) is 11.7 Å². The third-order valence-corrected chi connectivity index (χ3v) is 5.48. The Morgan fingerprint density at radius 1 is 1.12 bits per heavy atom. The number of carbonyl (C=O) groups is 2. The smallest absolute Gasteiger partial charge is 0.231 e. The van der Waals surface area contributed by atoms with E-state index in [1.54, 1.807) is 6.20 Å². The molecule has 1 atom stereocenters. The summed E-state index contributed by atoms with van der Waals surface area (Å²) in [6.45, 7) is 3.61. The predicted octanol–water partition coefficient (Wildman–Crippen LogP) is 0.852. The molecule has 25 heavy (non-hydrogen) atoms. The second-order valence-corrected chi connectivity index (χ2v) is 7.26. The first-order valence-electron chi connectivity index (χ1n) is 9.42. The zero-order valence-corrected chi connectivity index (χ0v) is 14.8. The minimum atomic E-state index is -0.292. The van der Waals surface area contributed by atoms with Gasteiger partial charge in [0.2, 0.25) is 11.8 Å². The van der Waals surface area contributed by atoms with Crippen LogP contribution < -0.4 is 5.73 Å². The highest BCUT2D eigenvalue weighted by Gasteiger charge is 2.33. The van der Waals surface area contributed by atoms with E-state index in [4.69, 9.17) is 5.73 Å². The summed E-state index contributed by atoms with van der Waals surface area (Å²) in [6, 6.07) is 2.26. The van der Waals surface area contributed by atoms with Gasteiger partial charge in [-0.3, -0.25) is 19.2 Å². The van der Waals surface area contributed by atoms with Crippen LogP contribution in [0.3, 0.4) is 0 Å². The first kappa shape index (κ1) is 17.9. The molecule has 2 aliphatic rings. The van der Waals surface area contributed by atoms with Crippen LogP contribution in [0.15, 0.2) is 18.5 Å². The Kier molecular flexibility index (Phi) is 6.07. The number of nitrogens with zero attached hydrogens (tertiary/aromatic N) is 4. The fourth-order valence-corrected chi connectivity index (χ4v) is 4.10. The van der Waals surface area contributed by atoms with E-state index >= 15 is 0 Å². The van der Waals surface area contributed by atoms with Gasteiger partial charge in [-0.15, -0.1) is 0 Å². The van der Waals surface area contributed by atoms with Crippen LogP contribution in [-0.4, -0.2) is 63.6 Å². The van der Waals surface area contributed by atoms with Crippen molar-refractivity contribution >= 4 is 11.8 Å². The second kappa shape index (κ2) is 8.47. The van der Waals surface area contributed by atoms with E-state index in [0.717, 1.165) is 58.3 Å². The van der Waals surface area contributed by atoms with E-state index in [1.165, 1.54) is 6.42 Å². The molecule has 0 unspecified atom stereocenters. The number of rotatable bonds is 6. The van der Waals surface area contributed by atoms with Crippen LogP contribution in [0, 0.1) is 5.92 Å². The Labute approximate surface area is 149 Å². The average Bonchev–Trinajstić information content (AvgIpc) is 3.13. The molecule has 3 rings (SSSR count). The molecule has 2 fully saturated rings. The highest BCUT2D eigenvalue weighted by Crippen LogP contribution is 2.26. The summed E-state index contributed by atoms with van der Waals surface area (Å²) in [6.07, 6.45) is 9.78. The number of aromatic nitrogens is 2. The number of primary amides is 1. The zero-order valence-electron chi connectivity index (χ0n) is 14.8. The standard InChI is InChI=1S/C18H29N5O2/c19-17(24)14-21-11-5-15(6-12-21)18(25)23-10-2-1-4-16(23)7-13-22-9-3-8-20-22/h3,8-9,15-16H,1-2,4-7,10-14H2,(H2,19,24)/t16-/m0/s1. The zero-order chi connectivity index (χ0) is 17.6. The fourth-order valence-electron chi connectivity index (χ4n) is 4.10. The number of aryl methyl sites for hydroxylation is 1. The number of nitrogens with two attached hydrogens (primary N) is 1. The Bertz CT molecular complexity index is 566.